The molecule has 1 atom stereocenters. The van der Waals surface area contributed by atoms with Crippen LogP contribution in [0.3, 0.4) is 0 Å². The minimum Gasteiger partial charge on any atom is -0.486 e. The van der Waals surface area contributed by atoms with E-state index in [0.717, 1.165) is 36.8 Å². The van der Waals surface area contributed by atoms with Gasteiger partial charge >= 0.3 is 0 Å². The zero-order valence-electron chi connectivity index (χ0n) is 20.4. The molecule has 190 valence electrons. The first-order valence-electron chi connectivity index (χ1n) is 12.3. The van der Waals surface area contributed by atoms with Gasteiger partial charge in [-0.3, -0.25) is 0 Å². The van der Waals surface area contributed by atoms with Gasteiger partial charge in [0.05, 0.1) is 6.10 Å². The topological polar surface area (TPSA) is 38.7 Å². The molecule has 1 aliphatic carbocycles. The van der Waals surface area contributed by atoms with Crippen LogP contribution in [0.1, 0.15) is 49.7 Å². The normalized spacial score (nSPS) is 18.5. The third kappa shape index (κ3) is 5.93. The molecule has 3 aromatic rings. The quantitative estimate of drug-likeness (QED) is 0.311. The number of ether oxygens (including phenoxy) is 2. The van der Waals surface area contributed by atoms with E-state index in [0.29, 0.717) is 11.1 Å². The monoisotopic (exact) mass is 496 g/mol. The van der Waals surface area contributed by atoms with Gasteiger partial charge in [-0.05, 0) is 84.9 Å². The van der Waals surface area contributed by atoms with E-state index in [4.69, 9.17) is 9.47 Å². The van der Waals surface area contributed by atoms with Crippen molar-refractivity contribution >= 4 is 0 Å². The molecule has 0 bridgehead atoms. The van der Waals surface area contributed by atoms with Gasteiger partial charge in [-0.1, -0.05) is 49.1 Å². The summed E-state index contributed by atoms with van der Waals surface area (Å²) < 4.78 is 54.7. The van der Waals surface area contributed by atoms with Gasteiger partial charge in [0.15, 0.2) is 23.1 Å². The molecule has 0 saturated heterocycles. The van der Waals surface area contributed by atoms with E-state index >= 15 is 0 Å². The van der Waals surface area contributed by atoms with E-state index in [9.17, 15) is 18.3 Å². The minimum absolute atomic E-state index is 0.0523. The Hall–Kier alpha value is -3.25. The van der Waals surface area contributed by atoms with Gasteiger partial charge in [-0.2, -0.15) is 4.39 Å². The van der Waals surface area contributed by atoms with E-state index in [2.05, 4.69) is 6.58 Å². The number of aliphatic hydroxyl groups excluding tert-OH is 1. The summed E-state index contributed by atoms with van der Waals surface area (Å²) in [6.07, 6.45) is 4.24. The Morgan fingerprint density at radius 2 is 1.56 bits per heavy atom. The van der Waals surface area contributed by atoms with Gasteiger partial charge in [0, 0.05) is 0 Å². The van der Waals surface area contributed by atoms with Crippen LogP contribution < -0.4 is 9.47 Å². The SMILES string of the molecule is C=CCOc1ccc(-c2ccc(COc3ccc(C4CCC(C(C)O)CC4)c(F)c3F)cc2)cc1F. The maximum absolute atomic E-state index is 14.8. The zero-order valence-corrected chi connectivity index (χ0v) is 20.4. The minimum atomic E-state index is -0.976. The summed E-state index contributed by atoms with van der Waals surface area (Å²) in [5.41, 5.74) is 2.64. The molecule has 0 aliphatic heterocycles. The fourth-order valence-corrected chi connectivity index (χ4v) is 4.79. The van der Waals surface area contributed by atoms with E-state index in [1.807, 2.05) is 12.1 Å². The molecule has 0 amide bonds. The molecular weight excluding hydrogens is 465 g/mol. The highest BCUT2D eigenvalue weighted by Crippen LogP contribution is 2.39. The van der Waals surface area contributed by atoms with Gasteiger partial charge in [-0.25, -0.2) is 8.78 Å². The first-order valence-corrected chi connectivity index (χ1v) is 12.3. The van der Waals surface area contributed by atoms with Crippen molar-refractivity contribution in [3.8, 4) is 22.6 Å². The maximum atomic E-state index is 14.8. The number of hydrogen-bond acceptors (Lipinski definition) is 3. The van der Waals surface area contributed by atoms with Crippen molar-refractivity contribution in [1.29, 1.82) is 0 Å². The van der Waals surface area contributed by atoms with E-state index in [1.54, 1.807) is 43.3 Å². The first-order chi connectivity index (χ1) is 17.4. The first kappa shape index (κ1) is 25.8. The van der Waals surface area contributed by atoms with Crippen LogP contribution in [-0.2, 0) is 6.61 Å². The summed E-state index contributed by atoms with van der Waals surface area (Å²) in [4.78, 5) is 0. The largest absolute Gasteiger partial charge is 0.486 e. The van der Waals surface area contributed by atoms with Gasteiger partial charge in [0.2, 0.25) is 5.82 Å². The van der Waals surface area contributed by atoms with Crippen LogP contribution in [0.15, 0.2) is 67.3 Å². The number of aliphatic hydroxyl groups is 1. The van der Waals surface area contributed by atoms with Gasteiger partial charge in [0.25, 0.3) is 0 Å². The Bertz CT molecular complexity index is 1180. The molecule has 36 heavy (non-hydrogen) atoms. The molecule has 3 nitrogen and oxygen atoms in total. The van der Waals surface area contributed by atoms with Crippen LogP contribution in [0.4, 0.5) is 13.2 Å². The molecule has 4 rings (SSSR count). The lowest BCUT2D eigenvalue weighted by Crippen LogP contribution is -2.23. The Balaban J connectivity index is 1.38. The summed E-state index contributed by atoms with van der Waals surface area (Å²) in [5, 5.41) is 9.77. The number of benzene rings is 3. The van der Waals surface area contributed by atoms with E-state index < -0.39 is 17.5 Å². The van der Waals surface area contributed by atoms with Crippen molar-refractivity contribution in [2.75, 3.05) is 6.61 Å². The van der Waals surface area contributed by atoms with Crippen LogP contribution in [0.25, 0.3) is 11.1 Å². The average molecular weight is 497 g/mol. The predicted octanol–water partition coefficient (Wildman–Crippen LogP) is 7.57. The van der Waals surface area contributed by atoms with Crippen LogP contribution >= 0.6 is 0 Å². The second-order valence-corrected chi connectivity index (χ2v) is 9.36. The highest BCUT2D eigenvalue weighted by Gasteiger charge is 2.28. The smallest absolute Gasteiger partial charge is 0.200 e. The fraction of sp³-hybridized carbons (Fsp3) is 0.333. The van der Waals surface area contributed by atoms with Gasteiger partial charge in [-0.15, -0.1) is 0 Å². The van der Waals surface area contributed by atoms with E-state index in [-0.39, 0.29) is 42.7 Å². The van der Waals surface area contributed by atoms with Crippen molar-refractivity contribution in [2.24, 2.45) is 5.92 Å². The highest BCUT2D eigenvalue weighted by molar-refractivity contribution is 5.64. The van der Waals surface area contributed by atoms with Crippen molar-refractivity contribution < 1.29 is 27.8 Å². The molecule has 0 radical (unpaired) electrons. The van der Waals surface area contributed by atoms with Crippen molar-refractivity contribution in [1.82, 2.24) is 0 Å². The number of hydrogen-bond donors (Lipinski definition) is 1. The Morgan fingerprint density at radius 1 is 0.889 bits per heavy atom. The van der Waals surface area contributed by atoms with Crippen LogP contribution in [0.5, 0.6) is 11.5 Å². The van der Waals surface area contributed by atoms with Crippen LogP contribution in [0.2, 0.25) is 0 Å². The Morgan fingerprint density at radius 3 is 2.19 bits per heavy atom. The van der Waals surface area contributed by atoms with Crippen molar-refractivity contribution in [3.05, 3.63) is 95.8 Å². The molecule has 0 aromatic heterocycles. The third-order valence-electron chi connectivity index (χ3n) is 6.94. The predicted molar refractivity (Wildman–Crippen MR) is 135 cm³/mol. The standard InChI is InChI=1S/C30H31F3O3/c1-3-16-35-27-14-12-24(17-26(27)31)22-6-4-20(5-7-22)18-36-28-15-13-25(29(32)30(28)33)23-10-8-21(9-11-23)19(2)34/h3-7,12-15,17,19,21,23,34H,1,8-11,16,18H2,2H3. The summed E-state index contributed by atoms with van der Waals surface area (Å²) >= 11 is 0. The summed E-state index contributed by atoms with van der Waals surface area (Å²) in [7, 11) is 0. The van der Waals surface area contributed by atoms with Gasteiger partial charge < -0.3 is 14.6 Å². The molecule has 0 spiro atoms. The summed E-state index contributed by atoms with van der Waals surface area (Å²) in [5.74, 6) is -2.09. The lowest BCUT2D eigenvalue weighted by atomic mass is 9.77. The average Bonchev–Trinajstić information content (AvgIpc) is 2.89. The van der Waals surface area contributed by atoms with Crippen molar-refractivity contribution in [2.45, 2.75) is 51.2 Å². The summed E-state index contributed by atoms with van der Waals surface area (Å²) in [6, 6.07) is 15.1. The molecule has 0 heterocycles. The van der Waals surface area contributed by atoms with Crippen molar-refractivity contribution in [3.63, 3.8) is 0 Å². The second-order valence-electron chi connectivity index (χ2n) is 9.36. The molecule has 1 fully saturated rings. The Kier molecular flexibility index (Phi) is 8.36. The zero-order chi connectivity index (χ0) is 25.7. The third-order valence-corrected chi connectivity index (χ3v) is 6.94. The lowest BCUT2D eigenvalue weighted by Gasteiger charge is -2.30. The molecule has 3 aromatic carbocycles. The second kappa shape index (κ2) is 11.7. The van der Waals surface area contributed by atoms with Crippen LogP contribution in [-0.4, -0.2) is 17.8 Å². The molecule has 1 aliphatic rings. The molecule has 6 heteroatoms. The number of halogens is 3. The summed E-state index contributed by atoms with van der Waals surface area (Å²) in [6.45, 7) is 5.62. The highest BCUT2D eigenvalue weighted by atomic mass is 19.2. The number of rotatable bonds is 9. The van der Waals surface area contributed by atoms with Crippen LogP contribution in [0, 0.1) is 23.4 Å². The Labute approximate surface area is 210 Å². The maximum Gasteiger partial charge on any atom is 0.200 e. The fourth-order valence-electron chi connectivity index (χ4n) is 4.79. The lowest BCUT2D eigenvalue weighted by molar-refractivity contribution is 0.0963. The van der Waals surface area contributed by atoms with E-state index in [1.165, 1.54) is 12.1 Å². The van der Waals surface area contributed by atoms with Gasteiger partial charge in [0.1, 0.15) is 13.2 Å². The molecule has 1 saturated carbocycles. The molecule has 1 unspecified atom stereocenters. The molecular formula is C30H31F3O3. The molecule has 1 N–H and O–H groups in total.